The van der Waals surface area contributed by atoms with Gasteiger partial charge in [0.25, 0.3) is 0 Å². The number of nitrogens with zero attached hydrogens (tertiary/aromatic N) is 1. The molecule has 4 nitrogen and oxygen atoms in total. The molecule has 3 aromatic carbocycles. The summed E-state index contributed by atoms with van der Waals surface area (Å²) >= 11 is 7.94. The first-order valence-electron chi connectivity index (χ1n) is 10.6. The maximum atomic E-state index is 12.6. The Morgan fingerprint density at radius 3 is 2.61 bits per heavy atom. The summed E-state index contributed by atoms with van der Waals surface area (Å²) in [5, 5.41) is 6.06. The number of para-hydroxylation sites is 1. The summed E-state index contributed by atoms with van der Waals surface area (Å²) in [6, 6.07) is 20.4. The number of ether oxygens (including phenoxy) is 1. The van der Waals surface area contributed by atoms with Crippen molar-refractivity contribution in [3.8, 4) is 5.75 Å². The van der Waals surface area contributed by atoms with Gasteiger partial charge in [-0.1, -0.05) is 54.1 Å². The number of carbonyl (C=O) groups excluding carboxylic acids is 1. The molecule has 1 N–H and O–H groups in total. The number of nitrogens with one attached hydrogen (secondary N) is 1. The van der Waals surface area contributed by atoms with Crippen LogP contribution in [0.5, 0.6) is 5.75 Å². The molecular formula is C25H27ClN2O2S. The number of likely N-dealkylation sites (tertiary alicyclic amines) is 1. The summed E-state index contributed by atoms with van der Waals surface area (Å²) in [7, 11) is 1.71. The van der Waals surface area contributed by atoms with Crippen molar-refractivity contribution in [2.75, 3.05) is 26.0 Å². The predicted octanol–water partition coefficient (Wildman–Crippen LogP) is 5.37. The van der Waals surface area contributed by atoms with Gasteiger partial charge in [0.1, 0.15) is 5.75 Å². The highest BCUT2D eigenvalue weighted by Gasteiger charge is 2.21. The van der Waals surface area contributed by atoms with E-state index in [1.807, 2.05) is 54.6 Å². The minimum Gasteiger partial charge on any atom is -0.496 e. The summed E-state index contributed by atoms with van der Waals surface area (Å²) in [5.74, 6) is 1.41. The van der Waals surface area contributed by atoms with Crippen LogP contribution in [0.25, 0.3) is 10.8 Å². The van der Waals surface area contributed by atoms with E-state index in [1.54, 1.807) is 18.9 Å². The number of rotatable bonds is 7. The van der Waals surface area contributed by atoms with Crippen LogP contribution in [0.3, 0.4) is 0 Å². The molecule has 1 aliphatic heterocycles. The molecule has 0 aromatic heterocycles. The average molecular weight is 455 g/mol. The molecule has 0 bridgehead atoms. The van der Waals surface area contributed by atoms with E-state index >= 15 is 0 Å². The third-order valence-corrected chi connectivity index (χ3v) is 7.09. The van der Waals surface area contributed by atoms with Crippen LogP contribution in [-0.2, 0) is 11.3 Å². The normalized spacial score (nSPS) is 15.2. The second-order valence-electron chi connectivity index (χ2n) is 7.81. The number of piperidine rings is 1. The lowest BCUT2D eigenvalue weighted by Gasteiger charge is -2.32. The molecule has 6 heteroatoms. The first-order chi connectivity index (χ1) is 15.1. The summed E-state index contributed by atoms with van der Waals surface area (Å²) in [6.45, 7) is 2.81. The first-order valence-corrected chi connectivity index (χ1v) is 11.9. The van der Waals surface area contributed by atoms with E-state index in [0.29, 0.717) is 5.75 Å². The molecule has 0 unspecified atom stereocenters. The Kier molecular flexibility index (Phi) is 7.38. The van der Waals surface area contributed by atoms with Gasteiger partial charge in [0.05, 0.1) is 12.9 Å². The Bertz CT molecular complexity index is 1050. The molecule has 0 radical (unpaired) electrons. The fourth-order valence-corrected chi connectivity index (χ4v) is 5.36. The van der Waals surface area contributed by atoms with Gasteiger partial charge >= 0.3 is 0 Å². The molecular weight excluding hydrogens is 428 g/mol. The fraction of sp³-hybridized carbons (Fsp3) is 0.320. The zero-order chi connectivity index (χ0) is 21.6. The highest BCUT2D eigenvalue weighted by molar-refractivity contribution is 8.00. The van der Waals surface area contributed by atoms with E-state index < -0.39 is 0 Å². The van der Waals surface area contributed by atoms with Crippen LogP contribution < -0.4 is 10.1 Å². The maximum Gasteiger partial charge on any atom is 0.230 e. The summed E-state index contributed by atoms with van der Waals surface area (Å²) in [5.41, 5.74) is 1.21. The zero-order valence-electron chi connectivity index (χ0n) is 17.6. The van der Waals surface area contributed by atoms with Gasteiger partial charge in [-0.15, -0.1) is 11.8 Å². The molecule has 3 aromatic rings. The van der Waals surface area contributed by atoms with Crippen molar-refractivity contribution < 1.29 is 9.53 Å². The van der Waals surface area contributed by atoms with E-state index in [-0.39, 0.29) is 11.9 Å². The largest absolute Gasteiger partial charge is 0.496 e. The van der Waals surface area contributed by atoms with Gasteiger partial charge in [0, 0.05) is 46.5 Å². The molecule has 162 valence electrons. The molecule has 0 aliphatic carbocycles. The van der Waals surface area contributed by atoms with E-state index in [4.69, 9.17) is 16.3 Å². The molecule has 31 heavy (non-hydrogen) atoms. The van der Waals surface area contributed by atoms with Crippen LogP contribution >= 0.6 is 23.4 Å². The molecule has 1 amide bonds. The quantitative estimate of drug-likeness (QED) is 0.487. The van der Waals surface area contributed by atoms with E-state index in [0.717, 1.165) is 58.9 Å². The van der Waals surface area contributed by atoms with Gasteiger partial charge in [0.15, 0.2) is 0 Å². The van der Waals surface area contributed by atoms with Crippen LogP contribution in [0.1, 0.15) is 18.4 Å². The minimum atomic E-state index is 0.0808. The minimum absolute atomic E-state index is 0.0808. The molecule has 1 fully saturated rings. The van der Waals surface area contributed by atoms with Gasteiger partial charge in [-0.3, -0.25) is 9.69 Å². The van der Waals surface area contributed by atoms with E-state index in [1.165, 1.54) is 5.56 Å². The van der Waals surface area contributed by atoms with Crippen LogP contribution in [0.2, 0.25) is 5.02 Å². The second kappa shape index (κ2) is 10.4. The third kappa shape index (κ3) is 5.53. The predicted molar refractivity (Wildman–Crippen MR) is 129 cm³/mol. The lowest BCUT2D eigenvalue weighted by Crippen LogP contribution is -2.44. The number of thioether (sulfide) groups is 1. The summed E-state index contributed by atoms with van der Waals surface area (Å²) < 4.78 is 5.46. The fourth-order valence-electron chi connectivity index (χ4n) is 4.10. The van der Waals surface area contributed by atoms with Crippen molar-refractivity contribution in [1.29, 1.82) is 0 Å². The molecule has 0 saturated carbocycles. The molecule has 4 rings (SSSR count). The Morgan fingerprint density at radius 2 is 1.84 bits per heavy atom. The number of carbonyl (C=O) groups is 1. The van der Waals surface area contributed by atoms with Gasteiger partial charge in [0.2, 0.25) is 5.91 Å². The van der Waals surface area contributed by atoms with Crippen molar-refractivity contribution in [2.24, 2.45) is 0 Å². The van der Waals surface area contributed by atoms with E-state index in [9.17, 15) is 4.79 Å². The summed E-state index contributed by atoms with van der Waals surface area (Å²) in [4.78, 5) is 16.0. The molecule has 0 atom stereocenters. The van der Waals surface area contributed by atoms with Crippen molar-refractivity contribution in [2.45, 2.75) is 30.3 Å². The van der Waals surface area contributed by atoms with Gasteiger partial charge < -0.3 is 10.1 Å². The Labute approximate surface area is 192 Å². The van der Waals surface area contributed by atoms with Crippen molar-refractivity contribution >= 4 is 40.0 Å². The van der Waals surface area contributed by atoms with Gasteiger partial charge in [-0.25, -0.2) is 0 Å². The van der Waals surface area contributed by atoms with Crippen LogP contribution in [0, 0.1) is 0 Å². The number of hydrogen-bond donors (Lipinski definition) is 1. The zero-order valence-corrected chi connectivity index (χ0v) is 19.2. The number of hydrogen-bond acceptors (Lipinski definition) is 4. The van der Waals surface area contributed by atoms with Crippen molar-refractivity contribution in [3.05, 3.63) is 71.2 Å². The lowest BCUT2D eigenvalue weighted by atomic mass is 10.0. The monoisotopic (exact) mass is 454 g/mol. The molecule has 1 aliphatic rings. The highest BCUT2D eigenvalue weighted by atomic mass is 35.5. The van der Waals surface area contributed by atoms with Crippen LogP contribution in [0.4, 0.5) is 0 Å². The smallest absolute Gasteiger partial charge is 0.230 e. The Hall–Kier alpha value is -2.21. The third-order valence-electron chi connectivity index (χ3n) is 5.71. The Morgan fingerprint density at radius 1 is 1.10 bits per heavy atom. The number of methoxy groups -OCH3 is 1. The van der Waals surface area contributed by atoms with Gasteiger partial charge in [-0.2, -0.15) is 0 Å². The lowest BCUT2D eigenvalue weighted by molar-refractivity contribution is -0.119. The standard InChI is InChI=1S/C25H27ClN2O2S/c1-30-22-10-3-2-6-19(22)16-28-14-12-20(13-15-28)27-24(29)17-31-23-11-5-8-18-7-4-9-21(26)25(18)23/h2-11,20H,12-17H2,1H3,(H,27,29). The van der Waals surface area contributed by atoms with Crippen molar-refractivity contribution in [3.63, 3.8) is 0 Å². The van der Waals surface area contributed by atoms with E-state index in [2.05, 4.69) is 16.3 Å². The second-order valence-corrected chi connectivity index (χ2v) is 9.24. The Balaban J connectivity index is 1.26. The van der Waals surface area contributed by atoms with Crippen molar-refractivity contribution in [1.82, 2.24) is 10.2 Å². The SMILES string of the molecule is COc1ccccc1CN1CCC(NC(=O)CSc2cccc3cccc(Cl)c23)CC1. The number of benzene rings is 3. The van der Waals surface area contributed by atoms with Crippen LogP contribution in [0.15, 0.2) is 65.6 Å². The highest BCUT2D eigenvalue weighted by Crippen LogP contribution is 2.33. The average Bonchev–Trinajstić information content (AvgIpc) is 2.79. The first kappa shape index (κ1) is 22.0. The summed E-state index contributed by atoms with van der Waals surface area (Å²) in [6.07, 6.45) is 1.93. The van der Waals surface area contributed by atoms with Crippen LogP contribution in [-0.4, -0.2) is 42.8 Å². The molecule has 1 saturated heterocycles. The molecule has 1 heterocycles. The maximum absolute atomic E-state index is 12.6. The van der Waals surface area contributed by atoms with Gasteiger partial charge in [-0.05, 0) is 36.4 Å². The molecule has 0 spiro atoms. The number of halogens is 1. The number of fused-ring (bicyclic) bond motifs is 1. The topological polar surface area (TPSA) is 41.6 Å². The number of amides is 1.